The third-order valence-corrected chi connectivity index (χ3v) is 6.98. The Balaban J connectivity index is 1.44. The lowest BCUT2D eigenvalue weighted by atomic mass is 9.75. The maximum Gasteiger partial charge on any atom is 0.326 e. The van der Waals surface area contributed by atoms with Crippen LogP contribution in [0.1, 0.15) is 58.8 Å². The van der Waals surface area contributed by atoms with Crippen molar-refractivity contribution in [2.24, 2.45) is 5.92 Å². The van der Waals surface area contributed by atoms with Gasteiger partial charge in [0, 0.05) is 16.6 Å². The van der Waals surface area contributed by atoms with E-state index in [9.17, 15) is 9.59 Å². The van der Waals surface area contributed by atoms with Crippen LogP contribution in [-0.2, 0) is 11.3 Å². The zero-order valence-electron chi connectivity index (χ0n) is 18.8. The van der Waals surface area contributed by atoms with Crippen LogP contribution in [0.25, 0.3) is 11.5 Å². The maximum absolute atomic E-state index is 13.3. The normalized spacial score (nSPS) is 23.6. The van der Waals surface area contributed by atoms with E-state index in [0.717, 1.165) is 24.8 Å². The fraction of sp³-hybridized carbons (Fsp3) is 0.565. The molecule has 1 aromatic carbocycles. The largest absolute Gasteiger partial charge is 0.419 e. The number of carbonyl (C=O) groups is 2. The van der Waals surface area contributed by atoms with Gasteiger partial charge < -0.3 is 9.73 Å². The number of rotatable bonds is 7. The van der Waals surface area contributed by atoms with Gasteiger partial charge >= 0.3 is 6.03 Å². The van der Waals surface area contributed by atoms with Crippen LogP contribution in [0.4, 0.5) is 4.79 Å². The summed E-state index contributed by atoms with van der Waals surface area (Å²) in [7, 11) is 0. The van der Waals surface area contributed by atoms with Crippen LogP contribution in [0.2, 0.25) is 5.02 Å². The minimum Gasteiger partial charge on any atom is -0.419 e. The molecule has 1 spiro atoms. The number of nitrogens with one attached hydrogen (secondary N) is 1. The van der Waals surface area contributed by atoms with Gasteiger partial charge in [-0.3, -0.25) is 9.69 Å². The SMILES string of the molecule is CCC1CCC2(CC1)NC(=O)N(CN(Cc1nnc(-c3ccc(Cl)cc3)o1)C(C)C)C2=O. The third-order valence-electron chi connectivity index (χ3n) is 6.73. The van der Waals surface area contributed by atoms with Crippen molar-refractivity contribution in [3.8, 4) is 11.5 Å². The summed E-state index contributed by atoms with van der Waals surface area (Å²) in [6.07, 6.45) is 4.48. The molecule has 0 radical (unpaired) electrons. The minimum absolute atomic E-state index is 0.0638. The van der Waals surface area contributed by atoms with Crippen molar-refractivity contribution in [1.29, 1.82) is 0 Å². The van der Waals surface area contributed by atoms with Gasteiger partial charge in [0.15, 0.2) is 0 Å². The molecule has 4 rings (SSSR count). The molecule has 8 nitrogen and oxygen atoms in total. The number of benzene rings is 1. The second-order valence-corrected chi connectivity index (χ2v) is 9.52. The molecule has 1 aliphatic carbocycles. The number of halogens is 1. The van der Waals surface area contributed by atoms with Gasteiger partial charge in [-0.25, -0.2) is 9.69 Å². The molecule has 1 aliphatic heterocycles. The molecule has 1 saturated carbocycles. The third kappa shape index (κ3) is 4.52. The first kappa shape index (κ1) is 22.7. The van der Waals surface area contributed by atoms with Crippen LogP contribution in [0.3, 0.4) is 0 Å². The lowest BCUT2D eigenvalue weighted by Gasteiger charge is -2.35. The summed E-state index contributed by atoms with van der Waals surface area (Å²) in [5.41, 5.74) is 0.0421. The smallest absolute Gasteiger partial charge is 0.326 e. The van der Waals surface area contributed by atoms with Crippen molar-refractivity contribution in [3.05, 3.63) is 35.2 Å². The summed E-state index contributed by atoms with van der Waals surface area (Å²) in [5, 5.41) is 11.9. The van der Waals surface area contributed by atoms with E-state index in [-0.39, 0.29) is 24.6 Å². The second-order valence-electron chi connectivity index (χ2n) is 9.09. The highest BCUT2D eigenvalue weighted by molar-refractivity contribution is 6.30. The summed E-state index contributed by atoms with van der Waals surface area (Å²) in [6.45, 7) is 6.72. The Morgan fingerprint density at radius 1 is 1.22 bits per heavy atom. The summed E-state index contributed by atoms with van der Waals surface area (Å²) < 4.78 is 5.83. The van der Waals surface area contributed by atoms with Gasteiger partial charge in [0.05, 0.1) is 13.2 Å². The number of urea groups is 1. The van der Waals surface area contributed by atoms with Crippen molar-refractivity contribution >= 4 is 23.5 Å². The maximum atomic E-state index is 13.3. The Hall–Kier alpha value is -2.45. The van der Waals surface area contributed by atoms with Gasteiger partial charge in [0.25, 0.3) is 5.91 Å². The predicted molar refractivity (Wildman–Crippen MR) is 121 cm³/mol. The van der Waals surface area contributed by atoms with Gasteiger partial charge in [0.2, 0.25) is 11.8 Å². The molecule has 1 saturated heterocycles. The monoisotopic (exact) mass is 459 g/mol. The number of hydrogen-bond donors (Lipinski definition) is 1. The highest BCUT2D eigenvalue weighted by Crippen LogP contribution is 2.37. The molecule has 3 amide bonds. The Labute approximate surface area is 193 Å². The number of carbonyl (C=O) groups excluding carboxylic acids is 2. The standard InChI is InChI=1S/C23H30ClN5O3/c1-4-16-9-11-23(12-10-16)21(30)29(22(31)25-23)14-28(15(2)3)13-19-26-27-20(32-19)17-5-7-18(24)8-6-17/h5-8,15-16H,4,9-14H2,1-3H3,(H,25,31). The van der Waals surface area contributed by atoms with Crippen LogP contribution in [-0.4, -0.2) is 50.2 Å². The average molecular weight is 460 g/mol. The Kier molecular flexibility index (Phi) is 6.53. The van der Waals surface area contributed by atoms with Crippen molar-refractivity contribution in [1.82, 2.24) is 25.3 Å². The molecule has 2 heterocycles. The molecule has 2 aromatic rings. The van der Waals surface area contributed by atoms with Crippen LogP contribution in [0.15, 0.2) is 28.7 Å². The first-order valence-electron chi connectivity index (χ1n) is 11.3. The molecule has 9 heteroatoms. The molecular formula is C23H30ClN5O3. The summed E-state index contributed by atoms with van der Waals surface area (Å²) >= 11 is 5.94. The van der Waals surface area contributed by atoms with E-state index < -0.39 is 5.54 Å². The van der Waals surface area contributed by atoms with Crippen LogP contribution in [0.5, 0.6) is 0 Å². The quantitative estimate of drug-likeness (QED) is 0.615. The number of nitrogens with zero attached hydrogens (tertiary/aromatic N) is 4. The number of amides is 3. The Morgan fingerprint density at radius 3 is 2.53 bits per heavy atom. The molecule has 1 aromatic heterocycles. The van der Waals surface area contributed by atoms with E-state index in [1.807, 2.05) is 30.9 Å². The first-order chi connectivity index (χ1) is 15.3. The highest BCUT2D eigenvalue weighted by Gasteiger charge is 2.52. The van der Waals surface area contributed by atoms with Crippen molar-refractivity contribution in [2.75, 3.05) is 6.67 Å². The predicted octanol–water partition coefficient (Wildman–Crippen LogP) is 4.45. The van der Waals surface area contributed by atoms with Crippen molar-refractivity contribution in [2.45, 2.75) is 71.0 Å². The molecule has 0 unspecified atom stereocenters. The summed E-state index contributed by atoms with van der Waals surface area (Å²) in [4.78, 5) is 29.3. The number of imide groups is 1. The van der Waals surface area contributed by atoms with E-state index in [0.29, 0.717) is 42.1 Å². The van der Waals surface area contributed by atoms with Crippen LogP contribution < -0.4 is 5.32 Å². The minimum atomic E-state index is -0.738. The molecule has 0 atom stereocenters. The van der Waals surface area contributed by atoms with Gasteiger partial charge in [-0.15, -0.1) is 10.2 Å². The van der Waals surface area contributed by atoms with Gasteiger partial charge in [0.1, 0.15) is 5.54 Å². The molecule has 1 N–H and O–H groups in total. The topological polar surface area (TPSA) is 91.6 Å². The zero-order valence-corrected chi connectivity index (χ0v) is 19.6. The molecule has 32 heavy (non-hydrogen) atoms. The van der Waals surface area contributed by atoms with E-state index in [4.69, 9.17) is 16.0 Å². The van der Waals surface area contributed by atoms with Crippen molar-refractivity contribution < 1.29 is 14.0 Å². The number of hydrogen-bond acceptors (Lipinski definition) is 6. The fourth-order valence-corrected chi connectivity index (χ4v) is 4.63. The second kappa shape index (κ2) is 9.19. The Bertz CT molecular complexity index is 966. The first-order valence-corrected chi connectivity index (χ1v) is 11.7. The highest BCUT2D eigenvalue weighted by atomic mass is 35.5. The molecular weight excluding hydrogens is 430 g/mol. The van der Waals surface area contributed by atoms with E-state index in [2.05, 4.69) is 22.4 Å². The molecule has 0 bridgehead atoms. The molecule has 172 valence electrons. The average Bonchev–Trinajstić information content (AvgIpc) is 3.33. The zero-order chi connectivity index (χ0) is 22.9. The van der Waals surface area contributed by atoms with Gasteiger partial charge in [-0.1, -0.05) is 24.9 Å². The van der Waals surface area contributed by atoms with E-state index in [1.54, 1.807) is 12.1 Å². The van der Waals surface area contributed by atoms with E-state index >= 15 is 0 Å². The summed E-state index contributed by atoms with van der Waals surface area (Å²) in [5.74, 6) is 1.35. The number of aromatic nitrogens is 2. The van der Waals surface area contributed by atoms with Crippen LogP contribution in [0, 0.1) is 5.92 Å². The molecule has 2 aliphatic rings. The lowest BCUT2D eigenvalue weighted by Crippen LogP contribution is -2.50. The molecule has 2 fully saturated rings. The van der Waals surface area contributed by atoms with E-state index in [1.165, 1.54) is 4.90 Å². The van der Waals surface area contributed by atoms with Gasteiger partial charge in [-0.2, -0.15) is 0 Å². The van der Waals surface area contributed by atoms with Crippen molar-refractivity contribution in [3.63, 3.8) is 0 Å². The Morgan fingerprint density at radius 2 is 1.91 bits per heavy atom. The summed E-state index contributed by atoms with van der Waals surface area (Å²) in [6, 6.07) is 6.92. The fourth-order valence-electron chi connectivity index (χ4n) is 4.50. The van der Waals surface area contributed by atoms with Gasteiger partial charge in [-0.05, 0) is 69.7 Å². The van der Waals surface area contributed by atoms with Crippen LogP contribution >= 0.6 is 11.6 Å². The lowest BCUT2D eigenvalue weighted by molar-refractivity contribution is -0.134.